The second-order valence-electron chi connectivity index (χ2n) is 6.68. The highest BCUT2D eigenvalue weighted by molar-refractivity contribution is 6.30. The van der Waals surface area contributed by atoms with E-state index in [4.69, 9.17) is 21.6 Å². The first kappa shape index (κ1) is 16.1. The molecule has 2 aromatic carbocycles. The second kappa shape index (κ2) is 6.46. The lowest BCUT2D eigenvalue weighted by molar-refractivity contribution is 0.367. The SMILES string of the molecule is Cc1cc(Cl)cc2c1N[C@H](c1ccc(OCC#N)cc1)[C@H]1CC=C[C@H]21. The number of rotatable bonds is 3. The van der Waals surface area contributed by atoms with Crippen LogP contribution in [0.5, 0.6) is 5.75 Å². The number of allylic oxidation sites excluding steroid dienone is 2. The number of nitrogens with one attached hydrogen (secondary N) is 1. The van der Waals surface area contributed by atoms with Crippen LogP contribution in [0.1, 0.15) is 35.1 Å². The van der Waals surface area contributed by atoms with Gasteiger partial charge in [-0.3, -0.25) is 0 Å². The Labute approximate surface area is 152 Å². The van der Waals surface area contributed by atoms with Crippen molar-refractivity contribution in [2.24, 2.45) is 5.92 Å². The largest absolute Gasteiger partial charge is 0.479 e. The van der Waals surface area contributed by atoms with Crippen LogP contribution < -0.4 is 10.1 Å². The van der Waals surface area contributed by atoms with Gasteiger partial charge < -0.3 is 10.1 Å². The molecule has 126 valence electrons. The van der Waals surface area contributed by atoms with E-state index in [1.807, 2.05) is 24.3 Å². The molecule has 2 aromatic rings. The summed E-state index contributed by atoms with van der Waals surface area (Å²) in [6.45, 7) is 2.18. The van der Waals surface area contributed by atoms with Gasteiger partial charge in [-0.25, -0.2) is 0 Å². The highest BCUT2D eigenvalue weighted by atomic mass is 35.5. The van der Waals surface area contributed by atoms with Crippen LogP contribution in [0.4, 0.5) is 5.69 Å². The van der Waals surface area contributed by atoms with Gasteiger partial charge in [0.05, 0.1) is 6.04 Å². The molecule has 0 spiro atoms. The summed E-state index contributed by atoms with van der Waals surface area (Å²) >= 11 is 6.30. The average molecular weight is 351 g/mol. The van der Waals surface area contributed by atoms with E-state index in [0.717, 1.165) is 17.2 Å². The van der Waals surface area contributed by atoms with Crippen molar-refractivity contribution >= 4 is 17.3 Å². The van der Waals surface area contributed by atoms with Crippen LogP contribution in [0, 0.1) is 24.2 Å². The van der Waals surface area contributed by atoms with Crippen LogP contribution in [0.25, 0.3) is 0 Å². The number of benzene rings is 2. The molecule has 25 heavy (non-hydrogen) atoms. The Balaban J connectivity index is 1.68. The lowest BCUT2D eigenvalue weighted by Crippen LogP contribution is -2.29. The molecule has 0 bridgehead atoms. The first-order chi connectivity index (χ1) is 12.2. The van der Waals surface area contributed by atoms with E-state index in [1.54, 1.807) is 0 Å². The van der Waals surface area contributed by atoms with Crippen LogP contribution in [-0.2, 0) is 0 Å². The Hall–Kier alpha value is -2.44. The van der Waals surface area contributed by atoms with Gasteiger partial charge in [0.1, 0.15) is 11.8 Å². The molecule has 4 rings (SSSR count). The summed E-state index contributed by atoms with van der Waals surface area (Å²) in [5, 5.41) is 13.2. The van der Waals surface area contributed by atoms with Crippen molar-refractivity contribution in [2.45, 2.75) is 25.3 Å². The number of ether oxygens (including phenoxy) is 1. The fourth-order valence-corrected chi connectivity index (χ4v) is 4.34. The maximum absolute atomic E-state index is 8.63. The standard InChI is InChI=1S/C21H19ClN2O/c1-13-11-15(22)12-19-17-3-2-4-18(17)21(24-20(13)19)14-5-7-16(8-6-14)25-10-9-23/h2-3,5-8,11-12,17-18,21,24H,4,10H2,1H3/t17-,18-,21+/m0/s1. The average Bonchev–Trinajstić information content (AvgIpc) is 3.10. The number of halogens is 1. The number of nitriles is 1. The van der Waals surface area contributed by atoms with Crippen LogP contribution in [0.2, 0.25) is 5.02 Å². The minimum Gasteiger partial charge on any atom is -0.479 e. The Morgan fingerprint density at radius 1 is 1.28 bits per heavy atom. The van der Waals surface area contributed by atoms with Gasteiger partial charge in [0, 0.05) is 16.6 Å². The highest BCUT2D eigenvalue weighted by Gasteiger charge is 2.38. The molecule has 4 heteroatoms. The fourth-order valence-electron chi connectivity index (χ4n) is 4.06. The molecule has 0 radical (unpaired) electrons. The third-order valence-electron chi connectivity index (χ3n) is 5.17. The topological polar surface area (TPSA) is 45.0 Å². The molecular weight excluding hydrogens is 332 g/mol. The second-order valence-corrected chi connectivity index (χ2v) is 7.11. The summed E-state index contributed by atoms with van der Waals surface area (Å²) in [6, 6.07) is 14.4. The van der Waals surface area contributed by atoms with Gasteiger partial charge in [-0.1, -0.05) is 35.9 Å². The molecule has 1 N–H and O–H groups in total. The quantitative estimate of drug-likeness (QED) is 0.756. The van der Waals surface area contributed by atoms with E-state index in [1.165, 1.54) is 22.4 Å². The van der Waals surface area contributed by atoms with Crippen molar-refractivity contribution < 1.29 is 4.74 Å². The van der Waals surface area contributed by atoms with Crippen LogP contribution >= 0.6 is 11.6 Å². The van der Waals surface area contributed by atoms with Gasteiger partial charge in [0.25, 0.3) is 0 Å². The van der Waals surface area contributed by atoms with E-state index < -0.39 is 0 Å². The molecule has 0 saturated carbocycles. The molecule has 3 atom stereocenters. The van der Waals surface area contributed by atoms with Crippen molar-refractivity contribution in [1.82, 2.24) is 0 Å². The molecule has 0 aromatic heterocycles. The molecule has 0 fully saturated rings. The molecule has 2 aliphatic rings. The minimum absolute atomic E-state index is 0.0724. The Morgan fingerprint density at radius 3 is 2.84 bits per heavy atom. The molecule has 1 aliphatic carbocycles. The summed E-state index contributed by atoms with van der Waals surface area (Å²) in [4.78, 5) is 0. The maximum Gasteiger partial charge on any atom is 0.174 e. The zero-order valence-corrected chi connectivity index (χ0v) is 14.8. The smallest absolute Gasteiger partial charge is 0.174 e. The number of anilines is 1. The van der Waals surface area contributed by atoms with Crippen molar-refractivity contribution in [2.75, 3.05) is 11.9 Å². The van der Waals surface area contributed by atoms with E-state index in [0.29, 0.717) is 11.8 Å². The van der Waals surface area contributed by atoms with E-state index in [-0.39, 0.29) is 12.6 Å². The van der Waals surface area contributed by atoms with Crippen LogP contribution in [0.3, 0.4) is 0 Å². The zero-order valence-electron chi connectivity index (χ0n) is 14.0. The lowest BCUT2D eigenvalue weighted by atomic mass is 9.76. The van der Waals surface area contributed by atoms with Crippen molar-refractivity contribution in [3.8, 4) is 11.8 Å². The first-order valence-electron chi connectivity index (χ1n) is 8.50. The molecule has 0 amide bonds. The van der Waals surface area contributed by atoms with Gasteiger partial charge in [0.15, 0.2) is 6.61 Å². The number of nitrogens with zero attached hydrogens (tertiary/aromatic N) is 1. The summed E-state index contributed by atoms with van der Waals surface area (Å²) in [5.74, 6) is 1.61. The van der Waals surface area contributed by atoms with E-state index in [2.05, 4.69) is 42.6 Å². The first-order valence-corrected chi connectivity index (χ1v) is 8.88. The van der Waals surface area contributed by atoms with Gasteiger partial charge in [-0.2, -0.15) is 5.26 Å². The minimum atomic E-state index is 0.0724. The number of aryl methyl sites for hydroxylation is 1. The van der Waals surface area contributed by atoms with Gasteiger partial charge >= 0.3 is 0 Å². The highest BCUT2D eigenvalue weighted by Crippen LogP contribution is 2.51. The number of fused-ring (bicyclic) bond motifs is 3. The predicted molar refractivity (Wildman–Crippen MR) is 100 cm³/mol. The Kier molecular flexibility index (Phi) is 4.15. The predicted octanol–water partition coefficient (Wildman–Crippen LogP) is 5.38. The van der Waals surface area contributed by atoms with E-state index in [9.17, 15) is 0 Å². The van der Waals surface area contributed by atoms with Crippen molar-refractivity contribution in [3.63, 3.8) is 0 Å². The summed E-state index contributed by atoms with van der Waals surface area (Å²) in [7, 11) is 0. The van der Waals surface area contributed by atoms with Crippen LogP contribution in [-0.4, -0.2) is 6.61 Å². The van der Waals surface area contributed by atoms with Crippen LogP contribution in [0.15, 0.2) is 48.6 Å². The zero-order chi connectivity index (χ0) is 17.4. The number of hydrogen-bond donors (Lipinski definition) is 1. The molecular formula is C21H19ClN2O. The van der Waals surface area contributed by atoms with Gasteiger partial charge in [-0.15, -0.1) is 0 Å². The summed E-state index contributed by atoms with van der Waals surface area (Å²) in [5.41, 5.74) is 4.92. The van der Waals surface area contributed by atoms with Crippen molar-refractivity contribution in [3.05, 3.63) is 70.3 Å². The Morgan fingerprint density at radius 2 is 2.08 bits per heavy atom. The van der Waals surface area contributed by atoms with E-state index >= 15 is 0 Å². The Bertz CT molecular complexity index is 867. The van der Waals surface area contributed by atoms with Gasteiger partial charge in [0.2, 0.25) is 0 Å². The lowest BCUT2D eigenvalue weighted by Gasteiger charge is -2.38. The fraction of sp³-hybridized carbons (Fsp3) is 0.286. The molecule has 3 nitrogen and oxygen atoms in total. The molecule has 0 saturated heterocycles. The summed E-state index contributed by atoms with van der Waals surface area (Å²) in [6.07, 6.45) is 5.65. The molecule has 0 unspecified atom stereocenters. The van der Waals surface area contributed by atoms with Crippen molar-refractivity contribution in [1.29, 1.82) is 5.26 Å². The maximum atomic E-state index is 8.63. The van der Waals surface area contributed by atoms with Gasteiger partial charge in [-0.05, 0) is 60.2 Å². The third kappa shape index (κ3) is 2.88. The number of hydrogen-bond acceptors (Lipinski definition) is 3. The monoisotopic (exact) mass is 350 g/mol. The third-order valence-corrected chi connectivity index (χ3v) is 5.39. The normalized spacial score (nSPS) is 23.3. The summed E-state index contributed by atoms with van der Waals surface area (Å²) < 4.78 is 5.36. The molecule has 1 aliphatic heterocycles. The molecule has 1 heterocycles.